The number of imidazole rings is 1. The Kier molecular flexibility index (Phi) is 6.04. The average molecular weight is 344 g/mol. The van der Waals surface area contributed by atoms with Crippen molar-refractivity contribution >= 4 is 11.6 Å². The molecule has 0 saturated carbocycles. The van der Waals surface area contributed by atoms with Gasteiger partial charge in [0, 0.05) is 46.0 Å². The van der Waals surface area contributed by atoms with Crippen LogP contribution in [-0.4, -0.2) is 65.0 Å². The van der Waals surface area contributed by atoms with Crippen LogP contribution in [0, 0.1) is 0 Å². The third kappa shape index (κ3) is 4.19. The Morgan fingerprint density at radius 2 is 2.20 bits per heavy atom. The molecule has 3 heterocycles. The number of amides is 1. The van der Waals surface area contributed by atoms with E-state index in [-0.39, 0.29) is 5.91 Å². The summed E-state index contributed by atoms with van der Waals surface area (Å²) in [5.41, 5.74) is 2.39. The van der Waals surface area contributed by atoms with Gasteiger partial charge in [0.05, 0.1) is 12.3 Å². The molecule has 1 aliphatic rings. The molecule has 0 aromatic carbocycles. The van der Waals surface area contributed by atoms with Gasteiger partial charge >= 0.3 is 0 Å². The normalized spacial score (nSPS) is 16.1. The molecule has 2 aromatic heterocycles. The van der Waals surface area contributed by atoms with Gasteiger partial charge in [-0.05, 0) is 25.0 Å². The molecule has 0 N–H and O–H groups in total. The van der Waals surface area contributed by atoms with Crippen LogP contribution in [0.2, 0.25) is 0 Å². The molecule has 2 aromatic rings. The van der Waals surface area contributed by atoms with E-state index in [1.807, 2.05) is 35.8 Å². The van der Waals surface area contributed by atoms with Crippen LogP contribution in [0.15, 0.2) is 24.4 Å². The Bertz CT molecular complexity index is 705. The monoisotopic (exact) mass is 344 g/mol. The quantitative estimate of drug-likeness (QED) is 0.808. The van der Waals surface area contributed by atoms with Gasteiger partial charge in [0.15, 0.2) is 5.69 Å². The van der Waals surface area contributed by atoms with Crippen molar-refractivity contribution in [1.82, 2.24) is 19.2 Å². The number of unbranched alkanes of at least 4 members (excludes halogenated alkanes) is 1. The summed E-state index contributed by atoms with van der Waals surface area (Å²) in [5, 5.41) is 0. The summed E-state index contributed by atoms with van der Waals surface area (Å²) < 4.78 is 7.60. The number of rotatable bonds is 6. The van der Waals surface area contributed by atoms with E-state index >= 15 is 0 Å². The fraction of sp³-hybridized carbons (Fsp3) is 0.579. The zero-order valence-corrected chi connectivity index (χ0v) is 15.3. The maximum Gasteiger partial charge on any atom is 0.274 e. The molecule has 1 fully saturated rings. The molecule has 0 atom stereocenters. The van der Waals surface area contributed by atoms with E-state index in [0.29, 0.717) is 5.69 Å². The van der Waals surface area contributed by atoms with Crippen LogP contribution in [0.4, 0.5) is 0 Å². The number of fused-ring (bicyclic) bond motifs is 1. The lowest BCUT2D eigenvalue weighted by atomic mass is 10.2. The molecule has 6 heteroatoms. The molecule has 0 spiro atoms. The standard InChI is InChI=1S/C19H28N4O2/c1-3-4-9-21(2)19(24)18-16(15-22-10-7-13-25-14-12-22)23-11-6-5-8-17(23)20-18/h5-6,8,11H,3-4,7,9-10,12-15H2,1-2H3. The van der Waals surface area contributed by atoms with Crippen molar-refractivity contribution in [2.75, 3.05) is 39.9 Å². The lowest BCUT2D eigenvalue weighted by molar-refractivity contribution is 0.0785. The first kappa shape index (κ1) is 17.9. The minimum atomic E-state index is 0.0122. The lowest BCUT2D eigenvalue weighted by Crippen LogP contribution is -2.31. The zero-order chi connectivity index (χ0) is 17.6. The molecule has 0 unspecified atom stereocenters. The van der Waals surface area contributed by atoms with Crippen molar-refractivity contribution in [3.63, 3.8) is 0 Å². The highest BCUT2D eigenvalue weighted by molar-refractivity contribution is 5.94. The van der Waals surface area contributed by atoms with E-state index in [9.17, 15) is 4.79 Å². The summed E-state index contributed by atoms with van der Waals surface area (Å²) in [6.07, 6.45) is 5.10. The summed E-state index contributed by atoms with van der Waals surface area (Å²) >= 11 is 0. The highest BCUT2D eigenvalue weighted by atomic mass is 16.5. The minimum Gasteiger partial charge on any atom is -0.380 e. The molecule has 1 amide bonds. The second kappa shape index (κ2) is 8.45. The van der Waals surface area contributed by atoms with Gasteiger partial charge in [-0.3, -0.25) is 9.69 Å². The van der Waals surface area contributed by atoms with Crippen LogP contribution in [0.5, 0.6) is 0 Å². The number of nitrogens with zero attached hydrogens (tertiary/aromatic N) is 4. The van der Waals surface area contributed by atoms with Crippen LogP contribution in [0.3, 0.4) is 0 Å². The zero-order valence-electron chi connectivity index (χ0n) is 15.3. The van der Waals surface area contributed by atoms with Crippen LogP contribution >= 0.6 is 0 Å². The first-order chi connectivity index (χ1) is 12.2. The first-order valence-corrected chi connectivity index (χ1v) is 9.22. The van der Waals surface area contributed by atoms with Gasteiger partial charge in [0.25, 0.3) is 5.91 Å². The number of hydrogen-bond acceptors (Lipinski definition) is 4. The van der Waals surface area contributed by atoms with Gasteiger partial charge < -0.3 is 14.0 Å². The first-order valence-electron chi connectivity index (χ1n) is 9.22. The molecular formula is C19H28N4O2. The second-order valence-corrected chi connectivity index (χ2v) is 6.66. The van der Waals surface area contributed by atoms with E-state index < -0.39 is 0 Å². The topological polar surface area (TPSA) is 50.1 Å². The Morgan fingerprint density at radius 1 is 1.32 bits per heavy atom. The summed E-state index contributed by atoms with van der Waals surface area (Å²) in [4.78, 5) is 21.7. The van der Waals surface area contributed by atoms with E-state index in [4.69, 9.17) is 4.74 Å². The lowest BCUT2D eigenvalue weighted by Gasteiger charge is -2.21. The molecule has 0 radical (unpaired) electrons. The highest BCUT2D eigenvalue weighted by Gasteiger charge is 2.23. The largest absolute Gasteiger partial charge is 0.380 e. The summed E-state index contributed by atoms with van der Waals surface area (Å²) in [6, 6.07) is 5.90. The molecule has 1 saturated heterocycles. The predicted octanol–water partition coefficient (Wildman–Crippen LogP) is 2.43. The minimum absolute atomic E-state index is 0.0122. The predicted molar refractivity (Wildman–Crippen MR) is 97.8 cm³/mol. The average Bonchev–Trinajstić information content (AvgIpc) is 2.80. The Balaban J connectivity index is 1.89. The molecule has 25 heavy (non-hydrogen) atoms. The van der Waals surface area contributed by atoms with Crippen LogP contribution in [0.25, 0.3) is 5.65 Å². The molecular weight excluding hydrogens is 316 g/mol. The smallest absolute Gasteiger partial charge is 0.274 e. The van der Waals surface area contributed by atoms with Gasteiger partial charge in [-0.1, -0.05) is 19.4 Å². The molecule has 6 nitrogen and oxygen atoms in total. The van der Waals surface area contributed by atoms with E-state index in [1.165, 1.54) is 0 Å². The van der Waals surface area contributed by atoms with Crippen LogP contribution < -0.4 is 0 Å². The summed E-state index contributed by atoms with van der Waals surface area (Å²) in [5.74, 6) is 0.0122. The third-order valence-electron chi connectivity index (χ3n) is 4.71. The van der Waals surface area contributed by atoms with Crippen molar-refractivity contribution in [3.8, 4) is 0 Å². The Labute approximate surface area is 149 Å². The van der Waals surface area contributed by atoms with Gasteiger partial charge in [-0.25, -0.2) is 4.98 Å². The SMILES string of the molecule is CCCCN(C)C(=O)c1nc2ccccn2c1CN1CCCOCC1. The van der Waals surface area contributed by atoms with Crippen LogP contribution in [-0.2, 0) is 11.3 Å². The molecule has 1 aliphatic heterocycles. The molecule has 0 aliphatic carbocycles. The number of carbonyl (C=O) groups is 1. The fourth-order valence-electron chi connectivity index (χ4n) is 3.21. The van der Waals surface area contributed by atoms with Crippen molar-refractivity contribution in [2.24, 2.45) is 0 Å². The van der Waals surface area contributed by atoms with Gasteiger partial charge in [0.1, 0.15) is 5.65 Å². The number of carbonyl (C=O) groups excluding carboxylic acids is 1. The van der Waals surface area contributed by atoms with E-state index in [0.717, 1.165) is 70.0 Å². The van der Waals surface area contributed by atoms with Crippen molar-refractivity contribution in [2.45, 2.75) is 32.7 Å². The maximum atomic E-state index is 13.0. The van der Waals surface area contributed by atoms with Crippen LogP contribution in [0.1, 0.15) is 42.4 Å². The molecule has 3 rings (SSSR count). The highest BCUT2D eigenvalue weighted by Crippen LogP contribution is 2.18. The Hall–Kier alpha value is -1.92. The van der Waals surface area contributed by atoms with Crippen molar-refractivity contribution in [3.05, 3.63) is 35.8 Å². The number of aromatic nitrogens is 2. The fourth-order valence-corrected chi connectivity index (χ4v) is 3.21. The van der Waals surface area contributed by atoms with Gasteiger partial charge in [0.2, 0.25) is 0 Å². The maximum absolute atomic E-state index is 13.0. The Morgan fingerprint density at radius 3 is 3.04 bits per heavy atom. The summed E-state index contributed by atoms with van der Waals surface area (Å²) in [7, 11) is 1.87. The summed E-state index contributed by atoms with van der Waals surface area (Å²) in [6.45, 7) is 7.05. The number of pyridine rings is 1. The van der Waals surface area contributed by atoms with E-state index in [2.05, 4.69) is 16.8 Å². The molecule has 136 valence electrons. The van der Waals surface area contributed by atoms with Crippen molar-refractivity contribution in [1.29, 1.82) is 0 Å². The van der Waals surface area contributed by atoms with E-state index in [1.54, 1.807) is 4.90 Å². The second-order valence-electron chi connectivity index (χ2n) is 6.66. The third-order valence-corrected chi connectivity index (χ3v) is 4.71. The number of ether oxygens (including phenoxy) is 1. The van der Waals surface area contributed by atoms with Gasteiger partial charge in [-0.15, -0.1) is 0 Å². The van der Waals surface area contributed by atoms with Gasteiger partial charge in [-0.2, -0.15) is 0 Å². The molecule has 0 bridgehead atoms. The number of hydrogen-bond donors (Lipinski definition) is 0. The van der Waals surface area contributed by atoms with Crippen molar-refractivity contribution < 1.29 is 9.53 Å².